The Bertz CT molecular complexity index is 2140. The molecule has 11 heteroatoms. The maximum atomic E-state index is 12.4. The van der Waals surface area contributed by atoms with E-state index in [0.717, 1.165) is 32.7 Å². The highest BCUT2D eigenvalue weighted by molar-refractivity contribution is 7.93. The number of nitrogens with zero attached hydrogens (tertiary/aromatic N) is 2. The van der Waals surface area contributed by atoms with Crippen LogP contribution in [0.2, 0.25) is 5.15 Å². The van der Waals surface area contributed by atoms with E-state index < -0.39 is 20.0 Å². The summed E-state index contributed by atoms with van der Waals surface area (Å²) in [5.41, 5.74) is 3.04. The van der Waals surface area contributed by atoms with E-state index in [1.54, 1.807) is 104 Å². The molecule has 0 fully saturated rings. The highest BCUT2D eigenvalue weighted by Crippen LogP contribution is 2.26. The molecule has 6 aromatic rings. The Labute approximate surface area is 255 Å². The van der Waals surface area contributed by atoms with E-state index in [4.69, 9.17) is 11.6 Å². The van der Waals surface area contributed by atoms with E-state index >= 15 is 0 Å². The molecule has 4 aromatic carbocycles. The number of fused-ring (bicyclic) bond motifs is 2. The zero-order valence-electron chi connectivity index (χ0n) is 23.2. The van der Waals surface area contributed by atoms with Crippen molar-refractivity contribution < 1.29 is 16.8 Å². The fourth-order valence-electron chi connectivity index (χ4n) is 4.21. The molecule has 2 N–H and O–H groups in total. The number of pyridine rings is 2. The zero-order chi connectivity index (χ0) is 30.6. The van der Waals surface area contributed by atoms with Gasteiger partial charge >= 0.3 is 0 Å². The first-order chi connectivity index (χ1) is 20.5. The van der Waals surface area contributed by atoms with E-state index in [-0.39, 0.29) is 9.79 Å². The molecule has 0 amide bonds. The Kier molecular flexibility index (Phi) is 8.63. The van der Waals surface area contributed by atoms with Gasteiger partial charge < -0.3 is 0 Å². The van der Waals surface area contributed by atoms with Crippen LogP contribution in [0.5, 0.6) is 0 Å². The monoisotopic (exact) mass is 630 g/mol. The van der Waals surface area contributed by atoms with Crippen LogP contribution < -0.4 is 9.44 Å². The van der Waals surface area contributed by atoms with Gasteiger partial charge in [-0.25, -0.2) is 21.8 Å². The van der Waals surface area contributed by atoms with E-state index in [1.807, 2.05) is 26.0 Å². The Morgan fingerprint density at radius 3 is 1.67 bits per heavy atom. The highest BCUT2D eigenvalue weighted by atomic mass is 35.5. The molecule has 6 rings (SSSR count). The molecule has 43 heavy (non-hydrogen) atoms. The van der Waals surface area contributed by atoms with Gasteiger partial charge in [0, 0.05) is 40.7 Å². The van der Waals surface area contributed by atoms with E-state index in [0.29, 0.717) is 16.5 Å². The number of hydrogen-bond acceptors (Lipinski definition) is 6. The quantitative estimate of drug-likeness (QED) is 0.186. The summed E-state index contributed by atoms with van der Waals surface area (Å²) in [5, 5.41) is 3.90. The number of nitrogens with one attached hydrogen (secondary N) is 2. The summed E-state index contributed by atoms with van der Waals surface area (Å²) < 4.78 is 54.6. The van der Waals surface area contributed by atoms with E-state index in [2.05, 4.69) is 19.4 Å². The number of rotatable bonds is 6. The molecular weight excluding hydrogens is 604 g/mol. The number of halogens is 1. The van der Waals surface area contributed by atoms with Crippen molar-refractivity contribution in [3.63, 3.8) is 0 Å². The summed E-state index contributed by atoms with van der Waals surface area (Å²) in [7, 11) is -7.17. The molecule has 0 unspecified atom stereocenters. The van der Waals surface area contributed by atoms with Crippen LogP contribution in [0.4, 0.5) is 11.4 Å². The van der Waals surface area contributed by atoms with Crippen LogP contribution in [0.15, 0.2) is 125 Å². The summed E-state index contributed by atoms with van der Waals surface area (Å²) in [6.45, 7) is 3.83. The van der Waals surface area contributed by atoms with Gasteiger partial charge in [0.15, 0.2) is 0 Å². The molecule has 0 saturated carbocycles. The van der Waals surface area contributed by atoms with Gasteiger partial charge in [0.1, 0.15) is 5.15 Å². The normalized spacial score (nSPS) is 11.5. The average molecular weight is 631 g/mol. The highest BCUT2D eigenvalue weighted by Gasteiger charge is 2.15. The maximum absolute atomic E-state index is 12.4. The van der Waals surface area contributed by atoms with Crippen LogP contribution in [0.1, 0.15) is 11.1 Å². The van der Waals surface area contributed by atoms with Crippen molar-refractivity contribution in [3.05, 3.63) is 132 Å². The fraction of sp³-hybridized carbons (Fsp3) is 0.0625. The third kappa shape index (κ3) is 7.29. The fourth-order valence-corrected chi connectivity index (χ4v) is 6.54. The van der Waals surface area contributed by atoms with Crippen molar-refractivity contribution >= 4 is 64.6 Å². The molecule has 2 aromatic heterocycles. The molecule has 0 bridgehead atoms. The van der Waals surface area contributed by atoms with Crippen LogP contribution in [0.3, 0.4) is 0 Å². The summed E-state index contributed by atoms with van der Waals surface area (Å²) in [6, 6.07) is 27.6. The SMILES string of the molecule is Cc1ccc(S(=O)(=O)Nc2ccc3c(Cl)nccc3c2)cc1.Cc1ccc(S(=O)(=O)Nc2ccc3cnccc3c2)cc1. The number of sulfonamides is 2. The number of aromatic nitrogens is 2. The standard InChI is InChI=1S/C16H13ClN2O2S.C16H14N2O2S/c1-11-2-5-14(6-3-11)22(20,21)19-13-4-7-15-12(10-13)8-9-18-16(15)17;1-12-2-6-16(7-3-12)21(19,20)18-15-5-4-14-11-17-9-8-13(14)10-15/h2-10,19H,1H3;2-11,18H,1H3. The lowest BCUT2D eigenvalue weighted by Crippen LogP contribution is -2.12. The van der Waals surface area contributed by atoms with Crippen molar-refractivity contribution in [1.82, 2.24) is 9.97 Å². The van der Waals surface area contributed by atoms with Gasteiger partial charge in [0.2, 0.25) is 0 Å². The Morgan fingerprint density at radius 1 is 0.581 bits per heavy atom. The maximum Gasteiger partial charge on any atom is 0.261 e. The first-order valence-electron chi connectivity index (χ1n) is 13.1. The molecule has 8 nitrogen and oxygen atoms in total. The van der Waals surface area contributed by atoms with E-state index in [1.165, 1.54) is 0 Å². The van der Waals surface area contributed by atoms with Crippen molar-refractivity contribution in [2.45, 2.75) is 23.6 Å². The lowest BCUT2D eigenvalue weighted by Gasteiger charge is -2.09. The van der Waals surface area contributed by atoms with Crippen LogP contribution in [-0.2, 0) is 20.0 Å². The van der Waals surface area contributed by atoms with Gasteiger partial charge in [-0.1, -0.05) is 53.1 Å². The third-order valence-corrected chi connectivity index (χ3v) is 9.62. The lowest BCUT2D eigenvalue weighted by molar-refractivity contribution is 0.599. The van der Waals surface area contributed by atoms with Gasteiger partial charge in [0.25, 0.3) is 20.0 Å². The molecular formula is C32H27ClN4O4S2. The van der Waals surface area contributed by atoms with Gasteiger partial charge in [-0.15, -0.1) is 0 Å². The molecule has 0 aliphatic rings. The van der Waals surface area contributed by atoms with E-state index in [9.17, 15) is 16.8 Å². The zero-order valence-corrected chi connectivity index (χ0v) is 25.6. The predicted molar refractivity (Wildman–Crippen MR) is 172 cm³/mol. The van der Waals surface area contributed by atoms with Gasteiger partial charge in [0.05, 0.1) is 9.79 Å². The number of anilines is 2. The van der Waals surface area contributed by atoms with Crippen molar-refractivity contribution in [2.75, 3.05) is 9.44 Å². The van der Waals surface area contributed by atoms with Crippen LogP contribution in [0, 0.1) is 13.8 Å². The topological polar surface area (TPSA) is 118 Å². The van der Waals surface area contributed by atoms with Crippen LogP contribution in [-0.4, -0.2) is 26.8 Å². The number of hydrogen-bond donors (Lipinski definition) is 2. The Morgan fingerprint density at radius 2 is 1.09 bits per heavy atom. The molecule has 218 valence electrons. The second-order valence-electron chi connectivity index (χ2n) is 9.81. The summed E-state index contributed by atoms with van der Waals surface area (Å²) in [4.78, 5) is 8.51. The molecule has 0 spiro atoms. The molecule has 0 saturated heterocycles. The van der Waals surface area contributed by atoms with Crippen LogP contribution in [0.25, 0.3) is 21.5 Å². The second-order valence-corrected chi connectivity index (χ2v) is 13.5. The first-order valence-corrected chi connectivity index (χ1v) is 16.4. The van der Waals surface area contributed by atoms with Gasteiger partial charge in [-0.3, -0.25) is 14.4 Å². The van der Waals surface area contributed by atoms with Crippen molar-refractivity contribution in [3.8, 4) is 0 Å². The van der Waals surface area contributed by atoms with Crippen molar-refractivity contribution in [1.29, 1.82) is 0 Å². The van der Waals surface area contributed by atoms with Gasteiger partial charge in [-0.2, -0.15) is 0 Å². The minimum absolute atomic E-state index is 0.228. The molecule has 0 radical (unpaired) electrons. The molecule has 0 aliphatic carbocycles. The van der Waals surface area contributed by atoms with Crippen molar-refractivity contribution in [2.24, 2.45) is 0 Å². The molecule has 0 atom stereocenters. The minimum Gasteiger partial charge on any atom is -0.280 e. The smallest absolute Gasteiger partial charge is 0.261 e. The first kappa shape index (κ1) is 30.0. The summed E-state index contributed by atoms with van der Waals surface area (Å²) in [6.07, 6.45) is 5.01. The average Bonchev–Trinajstić information content (AvgIpc) is 2.97. The Balaban J connectivity index is 0.000000171. The Hall–Kier alpha value is -4.51. The number of aryl methyl sites for hydroxylation is 2. The largest absolute Gasteiger partial charge is 0.280 e. The molecule has 0 aliphatic heterocycles. The van der Waals surface area contributed by atoms with Crippen LogP contribution >= 0.6 is 11.6 Å². The predicted octanol–water partition coefficient (Wildman–Crippen LogP) is 7.34. The van der Waals surface area contributed by atoms with Gasteiger partial charge in [-0.05, 0) is 91.3 Å². The third-order valence-electron chi connectivity index (χ3n) is 6.52. The second kappa shape index (κ2) is 12.4. The number of benzene rings is 4. The lowest BCUT2D eigenvalue weighted by atomic mass is 10.1. The summed E-state index contributed by atoms with van der Waals surface area (Å²) >= 11 is 6.00. The summed E-state index contributed by atoms with van der Waals surface area (Å²) in [5.74, 6) is 0. The minimum atomic E-state index is -3.61. The molecule has 2 heterocycles.